The van der Waals surface area contributed by atoms with Crippen molar-refractivity contribution in [1.82, 2.24) is 14.9 Å². The van der Waals surface area contributed by atoms with Crippen molar-refractivity contribution in [1.29, 1.82) is 0 Å². The molecule has 0 saturated heterocycles. The Balaban J connectivity index is 2.25. The van der Waals surface area contributed by atoms with E-state index in [0.29, 0.717) is 13.0 Å². The number of imidazole rings is 1. The zero-order valence-corrected chi connectivity index (χ0v) is 8.42. The topological polar surface area (TPSA) is 46.9 Å². The van der Waals surface area contributed by atoms with Crippen LogP contribution in [0.25, 0.3) is 0 Å². The van der Waals surface area contributed by atoms with Gasteiger partial charge in [-0.2, -0.15) is 0 Å². The van der Waals surface area contributed by atoms with Gasteiger partial charge in [0.15, 0.2) is 0 Å². The molecule has 0 unspecified atom stereocenters. The average Bonchev–Trinajstić information content (AvgIpc) is 2.54. The van der Waals surface area contributed by atoms with E-state index in [2.05, 4.69) is 21.8 Å². The third kappa shape index (κ3) is 1.64. The monoisotopic (exact) mass is 193 g/mol. The van der Waals surface area contributed by atoms with Gasteiger partial charge in [0.1, 0.15) is 5.82 Å². The molecule has 0 radical (unpaired) electrons. The predicted molar refractivity (Wildman–Crippen MR) is 52.7 cm³/mol. The van der Waals surface area contributed by atoms with E-state index in [1.54, 1.807) is 0 Å². The molecule has 0 aliphatic carbocycles. The van der Waals surface area contributed by atoms with Crippen molar-refractivity contribution in [2.45, 2.75) is 39.3 Å². The molecule has 2 heterocycles. The molecule has 1 aliphatic rings. The summed E-state index contributed by atoms with van der Waals surface area (Å²) in [5.74, 6) is 1.27. The smallest absolute Gasteiger partial charge is 0.220 e. The molecule has 0 atom stereocenters. The Morgan fingerprint density at radius 2 is 2.50 bits per heavy atom. The van der Waals surface area contributed by atoms with Gasteiger partial charge in [-0.25, -0.2) is 4.98 Å². The SMILES string of the molecule is CCc1ncc2n1CCCC(=O)NC2. The number of hydrogen-bond donors (Lipinski definition) is 1. The summed E-state index contributed by atoms with van der Waals surface area (Å²) in [4.78, 5) is 15.5. The summed E-state index contributed by atoms with van der Waals surface area (Å²) in [6.07, 6.45) is 4.35. The molecule has 2 rings (SSSR count). The van der Waals surface area contributed by atoms with Gasteiger partial charge in [0, 0.05) is 19.4 Å². The lowest BCUT2D eigenvalue weighted by molar-refractivity contribution is -0.121. The molecule has 1 amide bonds. The van der Waals surface area contributed by atoms with Crippen molar-refractivity contribution in [2.75, 3.05) is 0 Å². The molecule has 1 aromatic heterocycles. The third-order valence-electron chi connectivity index (χ3n) is 2.59. The van der Waals surface area contributed by atoms with Crippen LogP contribution >= 0.6 is 0 Å². The van der Waals surface area contributed by atoms with Crippen LogP contribution < -0.4 is 5.32 Å². The van der Waals surface area contributed by atoms with Gasteiger partial charge in [0.2, 0.25) is 5.91 Å². The van der Waals surface area contributed by atoms with Crippen LogP contribution in [-0.2, 0) is 24.3 Å². The molecule has 0 bridgehead atoms. The maximum Gasteiger partial charge on any atom is 0.220 e. The van der Waals surface area contributed by atoms with Crippen LogP contribution in [0.2, 0.25) is 0 Å². The fourth-order valence-electron chi connectivity index (χ4n) is 1.83. The van der Waals surface area contributed by atoms with E-state index in [9.17, 15) is 4.79 Å². The number of nitrogens with one attached hydrogen (secondary N) is 1. The number of amides is 1. The Kier molecular flexibility index (Phi) is 2.52. The molecule has 14 heavy (non-hydrogen) atoms. The number of rotatable bonds is 1. The predicted octanol–water partition coefficient (Wildman–Crippen LogP) is 0.855. The van der Waals surface area contributed by atoms with E-state index in [1.165, 1.54) is 0 Å². The Morgan fingerprint density at radius 1 is 1.64 bits per heavy atom. The normalized spacial score (nSPS) is 16.8. The highest BCUT2D eigenvalue weighted by Crippen LogP contribution is 2.10. The highest BCUT2D eigenvalue weighted by Gasteiger charge is 2.12. The molecule has 0 aromatic carbocycles. The van der Waals surface area contributed by atoms with Gasteiger partial charge in [-0.15, -0.1) is 0 Å². The van der Waals surface area contributed by atoms with E-state index in [4.69, 9.17) is 0 Å². The number of nitrogens with zero attached hydrogens (tertiary/aromatic N) is 2. The average molecular weight is 193 g/mol. The van der Waals surface area contributed by atoms with Gasteiger partial charge in [0.05, 0.1) is 18.4 Å². The van der Waals surface area contributed by atoms with Crippen LogP contribution in [0, 0.1) is 0 Å². The molecule has 1 N–H and O–H groups in total. The second-order valence-electron chi connectivity index (χ2n) is 3.55. The fourth-order valence-corrected chi connectivity index (χ4v) is 1.83. The van der Waals surface area contributed by atoms with E-state index in [1.807, 2.05) is 6.20 Å². The minimum Gasteiger partial charge on any atom is -0.350 e. The second-order valence-corrected chi connectivity index (χ2v) is 3.55. The first-order valence-electron chi connectivity index (χ1n) is 5.11. The second kappa shape index (κ2) is 3.82. The Labute approximate surface area is 83.3 Å². The van der Waals surface area contributed by atoms with Crippen molar-refractivity contribution in [3.05, 3.63) is 17.7 Å². The maximum absolute atomic E-state index is 11.2. The lowest BCUT2D eigenvalue weighted by Gasteiger charge is -2.15. The third-order valence-corrected chi connectivity index (χ3v) is 2.59. The van der Waals surface area contributed by atoms with Crippen molar-refractivity contribution in [3.8, 4) is 0 Å². The van der Waals surface area contributed by atoms with Crippen molar-refractivity contribution < 1.29 is 4.79 Å². The minimum atomic E-state index is 0.149. The molecule has 4 heteroatoms. The first-order valence-corrected chi connectivity index (χ1v) is 5.11. The van der Waals surface area contributed by atoms with Gasteiger partial charge in [-0.3, -0.25) is 4.79 Å². The first-order chi connectivity index (χ1) is 6.81. The Hall–Kier alpha value is -1.32. The molecule has 0 fully saturated rings. The van der Waals surface area contributed by atoms with Gasteiger partial charge >= 0.3 is 0 Å². The van der Waals surface area contributed by atoms with Gasteiger partial charge in [0.25, 0.3) is 0 Å². The standard InChI is InChI=1S/C10H15N3O/c1-2-9-11-6-8-7-12-10(14)4-3-5-13(8)9/h6H,2-5,7H2,1H3,(H,12,14). The molecule has 0 spiro atoms. The summed E-state index contributed by atoms with van der Waals surface area (Å²) >= 11 is 0. The number of carbonyl (C=O) groups is 1. The zero-order chi connectivity index (χ0) is 9.97. The van der Waals surface area contributed by atoms with Gasteiger partial charge in [-0.05, 0) is 6.42 Å². The number of aromatic nitrogens is 2. The van der Waals surface area contributed by atoms with Crippen LogP contribution in [0.3, 0.4) is 0 Å². The largest absolute Gasteiger partial charge is 0.350 e. The molecule has 1 aromatic rings. The highest BCUT2D eigenvalue weighted by molar-refractivity contribution is 5.75. The summed E-state index contributed by atoms with van der Waals surface area (Å²) in [6.45, 7) is 3.64. The summed E-state index contributed by atoms with van der Waals surface area (Å²) in [5.41, 5.74) is 1.12. The lowest BCUT2D eigenvalue weighted by atomic mass is 10.2. The van der Waals surface area contributed by atoms with Crippen molar-refractivity contribution in [2.24, 2.45) is 0 Å². The van der Waals surface area contributed by atoms with Crippen LogP contribution in [0.15, 0.2) is 6.20 Å². The molecular formula is C10H15N3O. The van der Waals surface area contributed by atoms with E-state index in [-0.39, 0.29) is 5.91 Å². The molecular weight excluding hydrogens is 178 g/mol. The molecule has 76 valence electrons. The van der Waals surface area contributed by atoms with Crippen molar-refractivity contribution >= 4 is 5.91 Å². The highest BCUT2D eigenvalue weighted by atomic mass is 16.1. The summed E-state index contributed by atoms with van der Waals surface area (Å²) in [6, 6.07) is 0. The quantitative estimate of drug-likeness (QED) is 0.719. The lowest BCUT2D eigenvalue weighted by Crippen LogP contribution is -2.27. The number of carbonyl (C=O) groups excluding carboxylic acids is 1. The number of fused-ring (bicyclic) bond motifs is 1. The van der Waals surface area contributed by atoms with E-state index < -0.39 is 0 Å². The molecule has 4 nitrogen and oxygen atoms in total. The van der Waals surface area contributed by atoms with E-state index in [0.717, 1.165) is 30.9 Å². The summed E-state index contributed by atoms with van der Waals surface area (Å²) < 4.78 is 2.22. The van der Waals surface area contributed by atoms with Crippen LogP contribution in [0.4, 0.5) is 0 Å². The Morgan fingerprint density at radius 3 is 3.29 bits per heavy atom. The fraction of sp³-hybridized carbons (Fsp3) is 0.600. The summed E-state index contributed by atoms with van der Waals surface area (Å²) in [5, 5.41) is 2.88. The number of aryl methyl sites for hydroxylation is 1. The first kappa shape index (κ1) is 9.24. The van der Waals surface area contributed by atoms with Gasteiger partial charge < -0.3 is 9.88 Å². The van der Waals surface area contributed by atoms with Crippen LogP contribution in [0.1, 0.15) is 31.3 Å². The van der Waals surface area contributed by atoms with E-state index >= 15 is 0 Å². The van der Waals surface area contributed by atoms with Crippen LogP contribution in [-0.4, -0.2) is 15.5 Å². The zero-order valence-electron chi connectivity index (χ0n) is 8.42. The maximum atomic E-state index is 11.2. The van der Waals surface area contributed by atoms with Crippen molar-refractivity contribution in [3.63, 3.8) is 0 Å². The molecule has 1 aliphatic heterocycles. The minimum absolute atomic E-state index is 0.149. The molecule has 0 saturated carbocycles. The van der Waals surface area contributed by atoms with Gasteiger partial charge in [-0.1, -0.05) is 6.92 Å². The summed E-state index contributed by atoms with van der Waals surface area (Å²) in [7, 11) is 0. The number of hydrogen-bond acceptors (Lipinski definition) is 2. The Bertz CT molecular complexity index is 343. The van der Waals surface area contributed by atoms with Crippen LogP contribution in [0.5, 0.6) is 0 Å².